The van der Waals surface area contributed by atoms with E-state index in [2.05, 4.69) is 76.8 Å². The van der Waals surface area contributed by atoms with Crippen LogP contribution >= 0.6 is 0 Å². The van der Waals surface area contributed by atoms with Crippen LogP contribution in [0.3, 0.4) is 0 Å². The third-order valence-corrected chi connectivity index (χ3v) is 16.3. The van der Waals surface area contributed by atoms with Crippen LogP contribution in [0, 0.1) is 10.8 Å². The minimum absolute atomic E-state index is 0.178. The number of amides is 6. The highest BCUT2D eigenvalue weighted by Crippen LogP contribution is 2.36. The Morgan fingerprint density at radius 1 is 0.597 bits per heavy atom. The lowest BCUT2D eigenvalue weighted by Gasteiger charge is -2.36. The number of aryl methyl sites for hydroxylation is 4. The van der Waals surface area contributed by atoms with Gasteiger partial charge in [-0.15, -0.1) is 10.2 Å². The molecule has 8 rings (SSSR count). The highest BCUT2D eigenvalue weighted by atomic mass is 16.2. The summed E-state index contributed by atoms with van der Waals surface area (Å²) in [5.41, 5.74) is 4.80. The van der Waals surface area contributed by atoms with E-state index in [4.69, 9.17) is 0 Å². The molecule has 6 N–H and O–H groups in total. The molecule has 77 heavy (non-hydrogen) atoms. The average molecular weight is 1060 g/mol. The summed E-state index contributed by atoms with van der Waals surface area (Å²) >= 11 is 0. The largest absolute Gasteiger partial charge is 0.347 e. The van der Waals surface area contributed by atoms with Crippen molar-refractivity contribution >= 4 is 35.4 Å². The van der Waals surface area contributed by atoms with Crippen molar-refractivity contribution in [2.24, 2.45) is 10.8 Å². The number of carbonyl (C=O) groups is 6. The van der Waals surface area contributed by atoms with E-state index in [1.54, 1.807) is 47.1 Å². The van der Waals surface area contributed by atoms with E-state index in [1.807, 2.05) is 78.2 Å². The lowest BCUT2D eigenvalue weighted by Crippen LogP contribution is -2.59. The van der Waals surface area contributed by atoms with Crippen molar-refractivity contribution in [3.63, 3.8) is 0 Å². The van der Waals surface area contributed by atoms with Gasteiger partial charge in [-0.25, -0.2) is 9.36 Å². The fourth-order valence-electron chi connectivity index (χ4n) is 11.4. The maximum atomic E-state index is 14.7. The van der Waals surface area contributed by atoms with Crippen LogP contribution < -0.4 is 31.9 Å². The molecule has 2 aliphatic heterocycles. The SMILES string of the molecule is CN[C@@H](C)C(=O)N[C@H](C(=O)N1C[C@@H](n2cc(CCCc3cn([C@H]4C[C@@H](C(=O)N[C@@H]5CCCc6ccccc65)N(C(=O)[C@@H](NC(=O)[C@H](C)NC)C(C)(C)C)C4)nn3)nn2)C[C@H]1C(=O)N[C@@H]1CCCc2ccccc21)C(C)(C)C. The Bertz CT molecular complexity index is 2580. The Morgan fingerprint density at radius 2 is 0.987 bits per heavy atom. The first-order chi connectivity index (χ1) is 36.6. The maximum Gasteiger partial charge on any atom is 0.246 e. The average Bonchev–Trinajstić information content (AvgIpc) is 4.33. The summed E-state index contributed by atoms with van der Waals surface area (Å²) in [6.45, 7) is 15.3. The summed E-state index contributed by atoms with van der Waals surface area (Å²) in [5, 5.41) is 36.6. The summed E-state index contributed by atoms with van der Waals surface area (Å²) < 4.78 is 3.51. The van der Waals surface area contributed by atoms with Crippen LogP contribution in [0.4, 0.5) is 0 Å². The number of likely N-dealkylation sites (tertiary alicyclic amines) is 2. The van der Waals surface area contributed by atoms with E-state index in [0.717, 1.165) is 61.0 Å². The zero-order chi connectivity index (χ0) is 55.3. The van der Waals surface area contributed by atoms with Crippen molar-refractivity contribution in [1.29, 1.82) is 0 Å². The Kier molecular flexibility index (Phi) is 17.7. The summed E-state index contributed by atoms with van der Waals surface area (Å²) in [4.78, 5) is 88.0. The molecule has 0 saturated carbocycles. The Hall–Kier alpha value is -6.54. The van der Waals surface area contributed by atoms with Gasteiger partial charge in [-0.2, -0.15) is 0 Å². The van der Waals surface area contributed by atoms with Gasteiger partial charge in [0.15, 0.2) is 0 Å². The fourth-order valence-corrected chi connectivity index (χ4v) is 11.4. The molecule has 10 atom stereocenters. The van der Waals surface area contributed by atoms with E-state index in [0.29, 0.717) is 32.1 Å². The lowest BCUT2D eigenvalue weighted by atomic mass is 9.85. The summed E-state index contributed by atoms with van der Waals surface area (Å²) in [7, 11) is 3.38. The lowest BCUT2D eigenvalue weighted by molar-refractivity contribution is -0.144. The van der Waals surface area contributed by atoms with Crippen LogP contribution in [0.1, 0.15) is 158 Å². The van der Waals surface area contributed by atoms with Crippen molar-refractivity contribution in [3.8, 4) is 0 Å². The van der Waals surface area contributed by atoms with Crippen LogP contribution in [0.5, 0.6) is 0 Å². The number of benzene rings is 2. The van der Waals surface area contributed by atoms with Gasteiger partial charge in [-0.05, 0) is 119 Å². The number of rotatable bonds is 18. The highest BCUT2D eigenvalue weighted by Gasteiger charge is 2.48. The molecular formula is C57H82N14O6. The number of nitrogens with zero attached hydrogens (tertiary/aromatic N) is 8. The molecule has 4 aliphatic rings. The molecule has 2 aromatic heterocycles. The molecule has 20 heteroatoms. The quantitative estimate of drug-likeness (QED) is 0.0829. The molecule has 6 amide bonds. The third kappa shape index (κ3) is 13.1. The van der Waals surface area contributed by atoms with Gasteiger partial charge >= 0.3 is 0 Å². The third-order valence-electron chi connectivity index (χ3n) is 16.3. The first-order valence-electron chi connectivity index (χ1n) is 27.8. The second-order valence-corrected chi connectivity index (χ2v) is 24.0. The summed E-state index contributed by atoms with van der Waals surface area (Å²) in [6.07, 6.45) is 11.6. The number of nitrogens with one attached hydrogen (secondary N) is 6. The van der Waals surface area contributed by atoms with E-state index < -0.39 is 47.1 Å². The Balaban J connectivity index is 0.948. The molecule has 2 fully saturated rings. The van der Waals surface area contributed by atoms with Crippen LogP contribution in [0.15, 0.2) is 60.9 Å². The smallest absolute Gasteiger partial charge is 0.246 e. The summed E-state index contributed by atoms with van der Waals surface area (Å²) in [6, 6.07) is 10.8. The highest BCUT2D eigenvalue weighted by molar-refractivity contribution is 5.95. The monoisotopic (exact) mass is 1060 g/mol. The van der Waals surface area contributed by atoms with Crippen LogP contribution in [-0.4, -0.2) is 139 Å². The Labute approximate surface area is 453 Å². The molecule has 2 saturated heterocycles. The van der Waals surface area contributed by atoms with Gasteiger partial charge in [0.25, 0.3) is 0 Å². The normalized spacial score (nSPS) is 23.0. The predicted molar refractivity (Wildman–Crippen MR) is 291 cm³/mol. The molecular weight excluding hydrogens is 977 g/mol. The minimum atomic E-state index is -0.895. The Morgan fingerprint density at radius 3 is 1.36 bits per heavy atom. The van der Waals surface area contributed by atoms with Gasteiger partial charge < -0.3 is 41.7 Å². The second kappa shape index (κ2) is 24.0. The molecule has 4 aromatic rings. The fraction of sp³-hybridized carbons (Fsp3) is 0.614. The van der Waals surface area contributed by atoms with Crippen molar-refractivity contribution in [3.05, 3.63) is 94.6 Å². The molecule has 2 aliphatic carbocycles. The van der Waals surface area contributed by atoms with Crippen LogP contribution in [0.2, 0.25) is 0 Å². The van der Waals surface area contributed by atoms with E-state index in [-0.39, 0.29) is 72.7 Å². The molecule has 20 nitrogen and oxygen atoms in total. The standard InChI is InChI=1S/C57H82N14O6/c1-34(58-9)50(72)62-48(56(3,4)5)54(76)68-32-40(28-46(68)52(74)60-44-26-15-20-36-18-11-13-24-42(36)44)70-30-38(64-66-70)22-17-23-39-31-71(67-65-39)41-29-47(53(75)61-45-27-16-21-37-19-12-14-25-43(37)45)69(33-41)55(77)49(57(6,7)8)63-51(73)35(2)59-10/h11-14,18-19,24-25,30-31,34-35,40-41,44-49,58-59H,15-17,20-23,26-29,32-33H2,1-10H3,(H,60,74)(H,61,75)(H,62,72)(H,63,73)/t34-,35-,40-,41-,44+,45+,46-,47-,48+,49+/m0/s1. The number of hydrogen-bond acceptors (Lipinski definition) is 12. The van der Waals surface area contributed by atoms with E-state index in [9.17, 15) is 28.8 Å². The van der Waals surface area contributed by atoms with Gasteiger partial charge in [0, 0.05) is 38.3 Å². The number of fused-ring (bicyclic) bond motifs is 2. The van der Waals surface area contributed by atoms with Crippen molar-refractivity contribution < 1.29 is 28.8 Å². The van der Waals surface area contributed by atoms with Gasteiger partial charge in [-0.1, -0.05) is 101 Å². The van der Waals surface area contributed by atoms with Crippen molar-refractivity contribution in [2.45, 2.75) is 186 Å². The van der Waals surface area contributed by atoms with E-state index in [1.165, 1.54) is 11.1 Å². The van der Waals surface area contributed by atoms with Crippen LogP contribution in [0.25, 0.3) is 0 Å². The molecule has 4 heterocycles. The molecule has 0 unspecified atom stereocenters. The predicted octanol–water partition coefficient (Wildman–Crippen LogP) is 3.99. The number of hydrogen-bond donors (Lipinski definition) is 6. The van der Waals surface area contributed by atoms with Gasteiger partial charge in [0.2, 0.25) is 35.4 Å². The molecule has 0 spiro atoms. The number of likely N-dealkylation sites (N-methyl/N-ethyl adjacent to an activating group) is 2. The van der Waals surface area contributed by atoms with Gasteiger partial charge in [-0.3, -0.25) is 28.8 Å². The molecule has 2 aromatic carbocycles. The van der Waals surface area contributed by atoms with E-state index >= 15 is 0 Å². The van der Waals surface area contributed by atoms with Crippen molar-refractivity contribution in [2.75, 3.05) is 27.2 Å². The van der Waals surface area contributed by atoms with Crippen molar-refractivity contribution in [1.82, 2.24) is 71.7 Å². The zero-order valence-corrected chi connectivity index (χ0v) is 46.8. The summed E-state index contributed by atoms with van der Waals surface area (Å²) in [5.74, 6) is -1.74. The molecule has 0 bridgehead atoms. The first kappa shape index (κ1) is 56.7. The van der Waals surface area contributed by atoms with Gasteiger partial charge in [0.05, 0.1) is 47.6 Å². The number of aromatic nitrogens is 6. The number of carbonyl (C=O) groups excluding carboxylic acids is 6. The minimum Gasteiger partial charge on any atom is -0.347 e. The topological polar surface area (TPSA) is 242 Å². The molecule has 416 valence electrons. The second-order valence-electron chi connectivity index (χ2n) is 24.0. The molecule has 0 radical (unpaired) electrons. The van der Waals surface area contributed by atoms with Crippen LogP contribution in [-0.2, 0) is 54.5 Å². The van der Waals surface area contributed by atoms with Gasteiger partial charge in [0.1, 0.15) is 24.2 Å². The maximum absolute atomic E-state index is 14.7. The zero-order valence-electron chi connectivity index (χ0n) is 46.8. The first-order valence-corrected chi connectivity index (χ1v) is 27.8.